The second-order valence-corrected chi connectivity index (χ2v) is 5.56. The lowest BCUT2D eigenvalue weighted by Crippen LogP contribution is -2.49. The lowest BCUT2D eigenvalue weighted by atomic mass is 10.2. The molecule has 0 aliphatic carbocycles. The average molecular weight is 324 g/mol. The van der Waals surface area contributed by atoms with Crippen molar-refractivity contribution in [1.29, 1.82) is 0 Å². The van der Waals surface area contributed by atoms with Gasteiger partial charge < -0.3 is 14.4 Å². The fourth-order valence-corrected chi connectivity index (χ4v) is 2.63. The summed E-state index contributed by atoms with van der Waals surface area (Å²) >= 11 is 5.71. The number of imidazole rings is 1. The molecule has 6 nitrogen and oxygen atoms in total. The number of nitrogens with zero attached hydrogens (tertiary/aromatic N) is 5. The second kappa shape index (κ2) is 5.92. The van der Waals surface area contributed by atoms with Crippen LogP contribution in [-0.4, -0.2) is 51.5 Å². The summed E-state index contributed by atoms with van der Waals surface area (Å²) in [5, 5.41) is 0.270. The molecule has 0 unspecified atom stereocenters. The Kier molecular flexibility index (Phi) is 3.98. The SMILES string of the molecule is Cn1cncc1C(=O)N1CCN(c2ncc(Cl)cc2F)CC1. The molecule has 1 fully saturated rings. The van der Waals surface area contributed by atoms with Crippen LogP contribution in [0.3, 0.4) is 0 Å². The highest BCUT2D eigenvalue weighted by Crippen LogP contribution is 2.21. The highest BCUT2D eigenvalue weighted by molar-refractivity contribution is 6.30. The van der Waals surface area contributed by atoms with Gasteiger partial charge >= 0.3 is 0 Å². The van der Waals surface area contributed by atoms with Crippen LogP contribution in [0.1, 0.15) is 10.5 Å². The molecule has 2 aromatic rings. The van der Waals surface area contributed by atoms with E-state index in [1.54, 1.807) is 29.0 Å². The lowest BCUT2D eigenvalue weighted by Gasteiger charge is -2.35. The summed E-state index contributed by atoms with van der Waals surface area (Å²) in [6.07, 6.45) is 4.57. The van der Waals surface area contributed by atoms with E-state index in [0.717, 1.165) is 0 Å². The molecule has 1 aliphatic rings. The van der Waals surface area contributed by atoms with Crippen molar-refractivity contribution >= 4 is 23.3 Å². The summed E-state index contributed by atoms with van der Waals surface area (Å²) < 4.78 is 15.6. The van der Waals surface area contributed by atoms with Crippen LogP contribution in [0.4, 0.5) is 10.2 Å². The zero-order chi connectivity index (χ0) is 15.7. The number of aromatic nitrogens is 3. The standard InChI is InChI=1S/C14H15ClFN5O/c1-19-9-17-8-12(19)14(22)21-4-2-20(3-5-21)13-11(16)6-10(15)7-18-13/h6-9H,2-5H2,1H3. The first-order valence-electron chi connectivity index (χ1n) is 6.88. The summed E-state index contributed by atoms with van der Waals surface area (Å²) in [4.78, 5) is 23.9. The van der Waals surface area contributed by atoms with Gasteiger partial charge in [-0.1, -0.05) is 11.6 Å². The van der Waals surface area contributed by atoms with Crippen LogP contribution in [0.15, 0.2) is 24.8 Å². The van der Waals surface area contributed by atoms with E-state index in [1.165, 1.54) is 12.3 Å². The molecule has 0 spiro atoms. The van der Waals surface area contributed by atoms with Gasteiger partial charge in [0.1, 0.15) is 5.69 Å². The van der Waals surface area contributed by atoms with E-state index in [-0.39, 0.29) is 16.7 Å². The molecular weight excluding hydrogens is 309 g/mol. The molecule has 3 heterocycles. The number of aryl methyl sites for hydroxylation is 1. The van der Waals surface area contributed by atoms with Gasteiger partial charge in [0, 0.05) is 39.4 Å². The molecule has 0 atom stereocenters. The number of carbonyl (C=O) groups is 1. The van der Waals surface area contributed by atoms with Gasteiger partial charge in [0.25, 0.3) is 5.91 Å². The molecule has 116 valence electrons. The van der Waals surface area contributed by atoms with Crippen molar-refractivity contribution in [2.45, 2.75) is 0 Å². The molecule has 0 aromatic carbocycles. The highest BCUT2D eigenvalue weighted by atomic mass is 35.5. The smallest absolute Gasteiger partial charge is 0.272 e. The van der Waals surface area contributed by atoms with E-state index in [4.69, 9.17) is 11.6 Å². The molecule has 1 saturated heterocycles. The van der Waals surface area contributed by atoms with Gasteiger partial charge in [-0.2, -0.15) is 0 Å². The molecule has 8 heteroatoms. The molecule has 22 heavy (non-hydrogen) atoms. The van der Waals surface area contributed by atoms with E-state index in [2.05, 4.69) is 9.97 Å². The van der Waals surface area contributed by atoms with Gasteiger partial charge in [0.15, 0.2) is 11.6 Å². The highest BCUT2D eigenvalue weighted by Gasteiger charge is 2.25. The summed E-state index contributed by atoms with van der Waals surface area (Å²) in [6, 6.07) is 1.25. The van der Waals surface area contributed by atoms with Crippen molar-refractivity contribution in [3.8, 4) is 0 Å². The Morgan fingerprint density at radius 2 is 2.00 bits per heavy atom. The topological polar surface area (TPSA) is 54.3 Å². The number of carbonyl (C=O) groups excluding carboxylic acids is 1. The average Bonchev–Trinajstić information content (AvgIpc) is 2.93. The Labute approximate surface area is 132 Å². The Morgan fingerprint density at radius 3 is 2.59 bits per heavy atom. The first-order chi connectivity index (χ1) is 10.6. The molecular formula is C14H15ClFN5O. The number of halogens is 2. The molecule has 1 amide bonds. The van der Waals surface area contributed by atoms with Crippen LogP contribution in [0.2, 0.25) is 5.02 Å². The molecule has 0 saturated carbocycles. The third kappa shape index (κ3) is 2.76. The third-order valence-corrected chi connectivity index (χ3v) is 3.90. The maximum Gasteiger partial charge on any atom is 0.272 e. The van der Waals surface area contributed by atoms with Crippen molar-refractivity contribution in [3.63, 3.8) is 0 Å². The van der Waals surface area contributed by atoms with Crippen molar-refractivity contribution in [1.82, 2.24) is 19.4 Å². The summed E-state index contributed by atoms with van der Waals surface area (Å²) in [7, 11) is 1.78. The van der Waals surface area contributed by atoms with E-state index in [0.29, 0.717) is 31.9 Å². The van der Waals surface area contributed by atoms with Crippen molar-refractivity contribution in [3.05, 3.63) is 41.3 Å². The molecule has 0 bridgehead atoms. The summed E-state index contributed by atoms with van der Waals surface area (Å²) in [6.45, 7) is 2.06. The van der Waals surface area contributed by atoms with Crippen LogP contribution < -0.4 is 4.90 Å². The van der Waals surface area contributed by atoms with Gasteiger partial charge in [-0.3, -0.25) is 4.79 Å². The van der Waals surface area contributed by atoms with E-state index < -0.39 is 5.82 Å². The largest absolute Gasteiger partial charge is 0.351 e. The summed E-state index contributed by atoms with van der Waals surface area (Å²) in [5.74, 6) is -0.236. The van der Waals surface area contributed by atoms with Gasteiger partial charge in [-0.25, -0.2) is 14.4 Å². The maximum atomic E-state index is 13.9. The Bertz CT molecular complexity index is 696. The van der Waals surface area contributed by atoms with Gasteiger partial charge in [0.2, 0.25) is 0 Å². The number of hydrogen-bond donors (Lipinski definition) is 0. The first kappa shape index (κ1) is 14.8. The number of pyridine rings is 1. The normalized spacial score (nSPS) is 15.2. The Morgan fingerprint density at radius 1 is 1.27 bits per heavy atom. The molecule has 1 aliphatic heterocycles. The van der Waals surface area contributed by atoms with Crippen molar-refractivity contribution in [2.75, 3.05) is 31.1 Å². The predicted molar refractivity (Wildman–Crippen MR) is 80.5 cm³/mol. The Balaban J connectivity index is 1.68. The van der Waals surface area contributed by atoms with Crippen LogP contribution in [0.25, 0.3) is 0 Å². The number of anilines is 1. The van der Waals surface area contributed by atoms with E-state index in [9.17, 15) is 9.18 Å². The van der Waals surface area contributed by atoms with Gasteiger partial charge in [-0.05, 0) is 6.07 Å². The van der Waals surface area contributed by atoms with Crippen LogP contribution in [0.5, 0.6) is 0 Å². The zero-order valence-electron chi connectivity index (χ0n) is 12.0. The minimum atomic E-state index is -0.445. The predicted octanol–water partition coefficient (Wildman–Crippen LogP) is 1.57. The third-order valence-electron chi connectivity index (χ3n) is 3.69. The van der Waals surface area contributed by atoms with E-state index >= 15 is 0 Å². The van der Waals surface area contributed by atoms with Crippen molar-refractivity contribution < 1.29 is 9.18 Å². The lowest BCUT2D eigenvalue weighted by molar-refractivity contribution is 0.0736. The number of rotatable bonds is 2. The minimum absolute atomic E-state index is 0.0656. The molecule has 3 rings (SSSR count). The van der Waals surface area contributed by atoms with E-state index in [1.807, 2.05) is 4.90 Å². The molecule has 0 radical (unpaired) electrons. The van der Waals surface area contributed by atoms with Crippen LogP contribution in [0, 0.1) is 5.82 Å². The fourth-order valence-electron chi connectivity index (χ4n) is 2.49. The zero-order valence-corrected chi connectivity index (χ0v) is 12.8. The van der Waals surface area contributed by atoms with Gasteiger partial charge in [-0.15, -0.1) is 0 Å². The van der Waals surface area contributed by atoms with Crippen molar-refractivity contribution in [2.24, 2.45) is 7.05 Å². The number of hydrogen-bond acceptors (Lipinski definition) is 4. The van der Waals surface area contributed by atoms with Crippen LogP contribution in [-0.2, 0) is 7.05 Å². The fraction of sp³-hybridized carbons (Fsp3) is 0.357. The summed E-state index contributed by atoms with van der Waals surface area (Å²) in [5.41, 5.74) is 0.546. The maximum absolute atomic E-state index is 13.9. The monoisotopic (exact) mass is 323 g/mol. The quantitative estimate of drug-likeness (QED) is 0.842. The van der Waals surface area contributed by atoms with Crippen LogP contribution >= 0.6 is 11.6 Å². The first-order valence-corrected chi connectivity index (χ1v) is 7.25. The van der Waals surface area contributed by atoms with Gasteiger partial charge in [0.05, 0.1) is 17.5 Å². The molecule has 2 aromatic heterocycles. The molecule has 0 N–H and O–H groups in total. The number of amides is 1. The Hall–Kier alpha value is -2.15. The number of piperazine rings is 1. The second-order valence-electron chi connectivity index (χ2n) is 5.13. The minimum Gasteiger partial charge on any atom is -0.351 e.